The molecule has 1 aromatic heterocycles. The fraction of sp³-hybridized carbons (Fsp3) is 0.333. The minimum atomic E-state index is 0.538. The summed E-state index contributed by atoms with van der Waals surface area (Å²) < 4.78 is 10.7. The molecule has 0 aliphatic carbocycles. The maximum Gasteiger partial charge on any atom is 0.299 e. The molecule has 2 aromatic rings. The zero-order valence-electron chi connectivity index (χ0n) is 10.3. The van der Waals surface area contributed by atoms with Crippen LogP contribution in [0.2, 0.25) is 0 Å². The largest absolute Gasteiger partial charge is 0.497 e. The van der Waals surface area contributed by atoms with Crippen LogP contribution in [0.4, 0.5) is 0 Å². The number of rotatable bonds is 6. The molecule has 0 fully saturated rings. The Hall–Kier alpha value is -1.66. The lowest BCUT2D eigenvalue weighted by molar-refractivity contribution is 0.408. The topological polar surface area (TPSA) is 56.3 Å². The molecule has 0 aliphatic rings. The molecule has 5 nitrogen and oxygen atoms in total. The van der Waals surface area contributed by atoms with Crippen molar-refractivity contribution in [3.05, 3.63) is 29.3 Å². The minimum absolute atomic E-state index is 0.538. The van der Waals surface area contributed by atoms with Gasteiger partial charge in [-0.3, -0.25) is 0 Å². The van der Waals surface area contributed by atoms with Gasteiger partial charge in [-0.15, -0.1) is 5.10 Å². The van der Waals surface area contributed by atoms with Gasteiger partial charge in [-0.05, 0) is 18.7 Å². The molecule has 0 atom stereocenters. The van der Waals surface area contributed by atoms with Crippen molar-refractivity contribution in [3.63, 3.8) is 0 Å². The van der Waals surface area contributed by atoms with Crippen LogP contribution < -0.4 is 14.8 Å². The number of hydrogen-bond acceptors (Lipinski definition) is 6. The van der Waals surface area contributed by atoms with Crippen molar-refractivity contribution < 1.29 is 9.47 Å². The van der Waals surface area contributed by atoms with Crippen molar-refractivity contribution in [3.8, 4) is 16.7 Å². The summed E-state index contributed by atoms with van der Waals surface area (Å²) in [6.45, 7) is 3.68. The standard InChI is InChI=1S/C12H15N3O2S/c1-3-13-8-11-14-15-12(18-11)17-10-6-4-5-9(7-10)16-2/h4-7,13H,3,8H2,1-2H3. The maximum absolute atomic E-state index is 5.62. The Morgan fingerprint density at radius 3 is 2.89 bits per heavy atom. The second-order valence-electron chi connectivity index (χ2n) is 3.52. The first-order chi connectivity index (χ1) is 8.81. The van der Waals surface area contributed by atoms with Gasteiger partial charge in [-0.25, -0.2) is 0 Å². The smallest absolute Gasteiger partial charge is 0.299 e. The normalized spacial score (nSPS) is 10.3. The van der Waals surface area contributed by atoms with Gasteiger partial charge in [-0.2, -0.15) is 0 Å². The van der Waals surface area contributed by atoms with Crippen molar-refractivity contribution in [2.45, 2.75) is 13.5 Å². The van der Waals surface area contributed by atoms with Crippen LogP contribution >= 0.6 is 11.3 Å². The van der Waals surface area contributed by atoms with Crippen LogP contribution in [0.15, 0.2) is 24.3 Å². The highest BCUT2D eigenvalue weighted by Gasteiger charge is 2.06. The van der Waals surface area contributed by atoms with Gasteiger partial charge in [0.05, 0.1) is 7.11 Å². The van der Waals surface area contributed by atoms with Crippen molar-refractivity contribution in [1.29, 1.82) is 0 Å². The van der Waals surface area contributed by atoms with Gasteiger partial charge in [0.1, 0.15) is 16.5 Å². The summed E-state index contributed by atoms with van der Waals surface area (Å²) in [6.07, 6.45) is 0. The van der Waals surface area contributed by atoms with Crippen molar-refractivity contribution >= 4 is 11.3 Å². The van der Waals surface area contributed by atoms with Gasteiger partial charge in [0, 0.05) is 12.6 Å². The first-order valence-corrected chi connectivity index (χ1v) is 6.48. The summed E-state index contributed by atoms with van der Waals surface area (Å²) in [5, 5.41) is 12.7. The first kappa shape index (κ1) is 12.8. The molecule has 1 aromatic carbocycles. The number of nitrogens with zero attached hydrogens (tertiary/aromatic N) is 2. The molecule has 96 valence electrons. The average Bonchev–Trinajstić information content (AvgIpc) is 2.84. The summed E-state index contributed by atoms with van der Waals surface area (Å²) in [4.78, 5) is 0. The Bertz CT molecular complexity index is 502. The first-order valence-electron chi connectivity index (χ1n) is 5.67. The Labute approximate surface area is 110 Å². The van der Waals surface area contributed by atoms with Crippen LogP contribution in [-0.4, -0.2) is 23.9 Å². The molecule has 1 N–H and O–H groups in total. The molecule has 1 heterocycles. The molecule has 18 heavy (non-hydrogen) atoms. The zero-order chi connectivity index (χ0) is 12.8. The number of benzene rings is 1. The van der Waals surface area contributed by atoms with Crippen LogP contribution in [0.3, 0.4) is 0 Å². The molecular weight excluding hydrogens is 250 g/mol. The van der Waals surface area contributed by atoms with E-state index in [1.165, 1.54) is 11.3 Å². The highest BCUT2D eigenvalue weighted by molar-refractivity contribution is 7.13. The van der Waals surface area contributed by atoms with E-state index >= 15 is 0 Å². The van der Waals surface area contributed by atoms with Gasteiger partial charge in [0.2, 0.25) is 0 Å². The summed E-state index contributed by atoms with van der Waals surface area (Å²) in [5.74, 6) is 1.45. The van der Waals surface area contributed by atoms with E-state index in [1.54, 1.807) is 7.11 Å². The van der Waals surface area contributed by atoms with Crippen LogP contribution in [0.1, 0.15) is 11.9 Å². The van der Waals surface area contributed by atoms with Gasteiger partial charge in [0.25, 0.3) is 5.19 Å². The van der Waals surface area contributed by atoms with E-state index in [4.69, 9.17) is 9.47 Å². The van der Waals surface area contributed by atoms with Gasteiger partial charge in [-0.1, -0.05) is 29.4 Å². The average molecular weight is 265 g/mol. The van der Waals surface area contributed by atoms with Gasteiger partial charge in [0.15, 0.2) is 0 Å². The highest BCUT2D eigenvalue weighted by Crippen LogP contribution is 2.27. The molecule has 0 bridgehead atoms. The van der Waals surface area contributed by atoms with E-state index in [9.17, 15) is 0 Å². The Balaban J connectivity index is 2.01. The van der Waals surface area contributed by atoms with Crippen LogP contribution in [0.5, 0.6) is 16.7 Å². The predicted octanol–water partition coefficient (Wildman–Crippen LogP) is 2.45. The lowest BCUT2D eigenvalue weighted by atomic mass is 10.3. The van der Waals surface area contributed by atoms with Crippen molar-refractivity contribution in [2.75, 3.05) is 13.7 Å². The van der Waals surface area contributed by atoms with Gasteiger partial charge >= 0.3 is 0 Å². The number of nitrogens with one attached hydrogen (secondary N) is 1. The molecule has 0 spiro atoms. The second-order valence-corrected chi connectivity index (χ2v) is 4.55. The fourth-order valence-corrected chi connectivity index (χ4v) is 2.03. The Morgan fingerprint density at radius 1 is 1.28 bits per heavy atom. The number of hydrogen-bond donors (Lipinski definition) is 1. The number of methoxy groups -OCH3 is 1. The summed E-state index contributed by atoms with van der Waals surface area (Å²) >= 11 is 1.43. The molecular formula is C12H15N3O2S. The van der Waals surface area contributed by atoms with Crippen LogP contribution in [0.25, 0.3) is 0 Å². The lowest BCUT2D eigenvalue weighted by Gasteiger charge is -2.03. The second kappa shape index (κ2) is 6.32. The van der Waals surface area contributed by atoms with Crippen molar-refractivity contribution in [1.82, 2.24) is 15.5 Å². The number of aromatic nitrogens is 2. The van der Waals surface area contributed by atoms with Crippen LogP contribution in [-0.2, 0) is 6.54 Å². The monoisotopic (exact) mass is 265 g/mol. The maximum atomic E-state index is 5.62. The zero-order valence-corrected chi connectivity index (χ0v) is 11.2. The minimum Gasteiger partial charge on any atom is -0.497 e. The third-order valence-corrected chi connectivity index (χ3v) is 3.02. The highest BCUT2D eigenvalue weighted by atomic mass is 32.1. The molecule has 0 saturated carbocycles. The van der Waals surface area contributed by atoms with Gasteiger partial charge < -0.3 is 14.8 Å². The quantitative estimate of drug-likeness (QED) is 0.869. The summed E-state index contributed by atoms with van der Waals surface area (Å²) in [7, 11) is 1.62. The molecule has 0 aliphatic heterocycles. The van der Waals surface area contributed by atoms with E-state index in [1.807, 2.05) is 24.3 Å². The third kappa shape index (κ3) is 3.41. The summed E-state index contributed by atoms with van der Waals surface area (Å²) in [5.41, 5.74) is 0. The molecule has 2 rings (SSSR count). The Morgan fingerprint density at radius 2 is 2.11 bits per heavy atom. The lowest BCUT2D eigenvalue weighted by Crippen LogP contribution is -2.11. The molecule has 6 heteroatoms. The molecule has 0 saturated heterocycles. The van der Waals surface area contributed by atoms with E-state index in [0.717, 1.165) is 23.8 Å². The third-order valence-electron chi connectivity index (χ3n) is 2.22. The molecule has 0 radical (unpaired) electrons. The SMILES string of the molecule is CCNCc1nnc(Oc2cccc(OC)c2)s1. The summed E-state index contributed by atoms with van der Waals surface area (Å²) in [6, 6.07) is 7.40. The Kier molecular flexibility index (Phi) is 4.49. The van der Waals surface area contributed by atoms with E-state index < -0.39 is 0 Å². The predicted molar refractivity (Wildman–Crippen MR) is 70.4 cm³/mol. The van der Waals surface area contributed by atoms with E-state index in [-0.39, 0.29) is 0 Å². The number of ether oxygens (including phenoxy) is 2. The molecule has 0 unspecified atom stereocenters. The van der Waals surface area contributed by atoms with E-state index in [2.05, 4.69) is 22.4 Å². The van der Waals surface area contributed by atoms with Crippen LogP contribution in [0, 0.1) is 0 Å². The van der Waals surface area contributed by atoms with E-state index in [0.29, 0.717) is 10.9 Å². The van der Waals surface area contributed by atoms with Crippen molar-refractivity contribution in [2.24, 2.45) is 0 Å². The fourth-order valence-electron chi connectivity index (χ4n) is 1.35. The molecule has 0 amide bonds.